The summed E-state index contributed by atoms with van der Waals surface area (Å²) in [6, 6.07) is 7.90. The number of rotatable bonds is 5. The SMILES string of the molecule is [CH2]CCCCCc1nc2ccccc2o1. The first-order chi connectivity index (χ1) is 7.40. The van der Waals surface area contributed by atoms with Gasteiger partial charge in [0.25, 0.3) is 0 Å². The molecular weight excluding hydrogens is 186 g/mol. The van der Waals surface area contributed by atoms with Crippen molar-refractivity contribution in [1.82, 2.24) is 4.98 Å². The zero-order chi connectivity index (χ0) is 10.5. The minimum absolute atomic E-state index is 0.861. The lowest BCUT2D eigenvalue weighted by atomic mass is 10.1. The zero-order valence-corrected chi connectivity index (χ0v) is 8.91. The van der Waals surface area contributed by atoms with Crippen molar-refractivity contribution in [2.75, 3.05) is 0 Å². The summed E-state index contributed by atoms with van der Waals surface area (Å²) >= 11 is 0. The molecule has 1 aromatic heterocycles. The fourth-order valence-electron chi connectivity index (χ4n) is 1.66. The number of nitrogens with zero attached hydrogens (tertiary/aromatic N) is 1. The molecule has 0 saturated heterocycles. The smallest absolute Gasteiger partial charge is 0.195 e. The molecule has 0 spiro atoms. The Morgan fingerprint density at radius 2 is 2.00 bits per heavy atom. The number of oxazole rings is 1. The van der Waals surface area contributed by atoms with Crippen LogP contribution in [0.3, 0.4) is 0 Å². The van der Waals surface area contributed by atoms with Gasteiger partial charge in [-0.05, 0) is 18.6 Å². The second kappa shape index (κ2) is 4.96. The molecule has 0 aliphatic carbocycles. The number of hydrogen-bond donors (Lipinski definition) is 0. The lowest BCUT2D eigenvalue weighted by Crippen LogP contribution is -1.85. The van der Waals surface area contributed by atoms with Gasteiger partial charge in [-0.25, -0.2) is 4.98 Å². The maximum Gasteiger partial charge on any atom is 0.195 e. The van der Waals surface area contributed by atoms with Crippen LogP contribution in [0.4, 0.5) is 0 Å². The lowest BCUT2D eigenvalue weighted by molar-refractivity contribution is 0.510. The van der Waals surface area contributed by atoms with Gasteiger partial charge in [0.1, 0.15) is 5.52 Å². The Balaban J connectivity index is 1.97. The minimum atomic E-state index is 0.861. The largest absolute Gasteiger partial charge is 0.441 e. The second-order valence-electron chi connectivity index (χ2n) is 3.74. The van der Waals surface area contributed by atoms with Crippen molar-refractivity contribution >= 4 is 11.1 Å². The predicted molar refractivity (Wildman–Crippen MR) is 61.5 cm³/mol. The second-order valence-corrected chi connectivity index (χ2v) is 3.74. The molecule has 0 atom stereocenters. The third-order valence-electron chi connectivity index (χ3n) is 2.48. The maximum absolute atomic E-state index is 5.62. The molecule has 1 aromatic carbocycles. The van der Waals surface area contributed by atoms with Gasteiger partial charge in [-0.2, -0.15) is 0 Å². The van der Waals surface area contributed by atoms with Crippen molar-refractivity contribution in [2.24, 2.45) is 0 Å². The summed E-state index contributed by atoms with van der Waals surface area (Å²) in [5.74, 6) is 0.861. The van der Waals surface area contributed by atoms with Gasteiger partial charge < -0.3 is 4.42 Å². The highest BCUT2D eigenvalue weighted by Crippen LogP contribution is 2.16. The molecule has 0 aliphatic heterocycles. The highest BCUT2D eigenvalue weighted by molar-refractivity contribution is 5.72. The Morgan fingerprint density at radius 3 is 2.80 bits per heavy atom. The lowest BCUT2D eigenvalue weighted by Gasteiger charge is -1.94. The predicted octanol–water partition coefficient (Wildman–Crippen LogP) is 3.76. The highest BCUT2D eigenvalue weighted by atomic mass is 16.3. The van der Waals surface area contributed by atoms with E-state index in [1.807, 2.05) is 24.3 Å². The van der Waals surface area contributed by atoms with Gasteiger partial charge in [-0.1, -0.05) is 38.3 Å². The van der Waals surface area contributed by atoms with E-state index in [0.717, 1.165) is 36.3 Å². The van der Waals surface area contributed by atoms with Crippen LogP contribution in [-0.4, -0.2) is 4.98 Å². The molecule has 0 bridgehead atoms. The van der Waals surface area contributed by atoms with E-state index >= 15 is 0 Å². The molecule has 0 fully saturated rings. The summed E-state index contributed by atoms with van der Waals surface area (Å²) in [6.07, 6.45) is 5.51. The van der Waals surface area contributed by atoms with Crippen molar-refractivity contribution in [3.63, 3.8) is 0 Å². The van der Waals surface area contributed by atoms with Gasteiger partial charge in [-0.15, -0.1) is 0 Å². The molecule has 0 saturated carbocycles. The number of unbranched alkanes of at least 4 members (excludes halogenated alkanes) is 3. The normalized spacial score (nSPS) is 11.0. The van der Waals surface area contributed by atoms with Crippen molar-refractivity contribution in [3.8, 4) is 0 Å². The van der Waals surface area contributed by atoms with Crippen LogP contribution in [0, 0.1) is 6.92 Å². The standard InChI is InChI=1S/C13H16NO/c1-2-3-4-5-10-13-14-11-8-6-7-9-12(11)15-13/h6-9H,1-5,10H2. The number of aromatic nitrogens is 1. The van der Waals surface area contributed by atoms with Gasteiger partial charge in [0.05, 0.1) is 0 Å². The van der Waals surface area contributed by atoms with E-state index < -0.39 is 0 Å². The van der Waals surface area contributed by atoms with Crippen LogP contribution in [-0.2, 0) is 6.42 Å². The third-order valence-corrected chi connectivity index (χ3v) is 2.48. The molecule has 0 amide bonds. The van der Waals surface area contributed by atoms with Crippen molar-refractivity contribution in [1.29, 1.82) is 0 Å². The summed E-state index contributed by atoms with van der Waals surface area (Å²) in [5, 5.41) is 0. The molecule has 0 N–H and O–H groups in total. The molecule has 2 rings (SSSR count). The molecule has 0 unspecified atom stereocenters. The first-order valence-electron chi connectivity index (χ1n) is 5.54. The Kier molecular flexibility index (Phi) is 3.38. The topological polar surface area (TPSA) is 26.0 Å². The molecule has 2 nitrogen and oxygen atoms in total. The molecule has 15 heavy (non-hydrogen) atoms. The van der Waals surface area contributed by atoms with Crippen LogP contribution in [0.2, 0.25) is 0 Å². The van der Waals surface area contributed by atoms with E-state index in [-0.39, 0.29) is 0 Å². The number of hydrogen-bond acceptors (Lipinski definition) is 2. The van der Waals surface area contributed by atoms with Gasteiger partial charge in [0.15, 0.2) is 11.5 Å². The summed E-state index contributed by atoms with van der Waals surface area (Å²) in [7, 11) is 0. The number of fused-ring (bicyclic) bond motifs is 1. The van der Waals surface area contributed by atoms with E-state index in [2.05, 4.69) is 11.9 Å². The van der Waals surface area contributed by atoms with E-state index in [9.17, 15) is 0 Å². The van der Waals surface area contributed by atoms with Gasteiger partial charge in [0, 0.05) is 6.42 Å². The minimum Gasteiger partial charge on any atom is -0.441 e. The number of aryl methyl sites for hydroxylation is 1. The van der Waals surface area contributed by atoms with Gasteiger partial charge >= 0.3 is 0 Å². The van der Waals surface area contributed by atoms with Crippen molar-refractivity contribution < 1.29 is 4.42 Å². The zero-order valence-electron chi connectivity index (χ0n) is 8.91. The van der Waals surface area contributed by atoms with Crippen molar-refractivity contribution in [3.05, 3.63) is 37.1 Å². The fraction of sp³-hybridized carbons (Fsp3) is 0.385. The maximum atomic E-state index is 5.62. The first kappa shape index (κ1) is 10.2. The van der Waals surface area contributed by atoms with Crippen LogP contribution in [0.15, 0.2) is 28.7 Å². The van der Waals surface area contributed by atoms with Crippen LogP contribution < -0.4 is 0 Å². The molecule has 2 aromatic rings. The van der Waals surface area contributed by atoms with Crippen LogP contribution in [0.5, 0.6) is 0 Å². The average Bonchev–Trinajstić information content (AvgIpc) is 2.67. The van der Waals surface area contributed by atoms with Crippen molar-refractivity contribution in [2.45, 2.75) is 32.1 Å². The first-order valence-corrected chi connectivity index (χ1v) is 5.54. The number of benzene rings is 1. The Morgan fingerprint density at radius 1 is 1.13 bits per heavy atom. The van der Waals surface area contributed by atoms with E-state index in [0.29, 0.717) is 0 Å². The quantitative estimate of drug-likeness (QED) is 0.690. The highest BCUT2D eigenvalue weighted by Gasteiger charge is 2.03. The molecule has 1 radical (unpaired) electrons. The van der Waals surface area contributed by atoms with E-state index in [1.54, 1.807) is 0 Å². The molecule has 2 heteroatoms. The van der Waals surface area contributed by atoms with E-state index in [1.165, 1.54) is 12.8 Å². The van der Waals surface area contributed by atoms with E-state index in [4.69, 9.17) is 4.42 Å². The molecule has 79 valence electrons. The average molecular weight is 202 g/mol. The summed E-state index contributed by atoms with van der Waals surface area (Å²) in [6.45, 7) is 3.83. The van der Waals surface area contributed by atoms with Crippen LogP contribution >= 0.6 is 0 Å². The molecular formula is C13H16NO. The molecule has 0 aliphatic rings. The van der Waals surface area contributed by atoms with Crippen LogP contribution in [0.1, 0.15) is 31.6 Å². The summed E-state index contributed by atoms with van der Waals surface area (Å²) < 4.78 is 5.62. The van der Waals surface area contributed by atoms with Crippen LogP contribution in [0.25, 0.3) is 11.1 Å². The number of para-hydroxylation sites is 2. The van der Waals surface area contributed by atoms with Gasteiger partial charge in [0.2, 0.25) is 0 Å². The Labute approximate surface area is 90.3 Å². The Bertz CT molecular complexity index is 386. The Hall–Kier alpha value is -1.31. The summed E-state index contributed by atoms with van der Waals surface area (Å²) in [5.41, 5.74) is 1.86. The molecule has 1 heterocycles. The monoisotopic (exact) mass is 202 g/mol. The fourth-order valence-corrected chi connectivity index (χ4v) is 1.66. The summed E-state index contributed by atoms with van der Waals surface area (Å²) in [4.78, 5) is 4.43. The third kappa shape index (κ3) is 2.58. The van der Waals surface area contributed by atoms with Gasteiger partial charge in [-0.3, -0.25) is 0 Å².